The van der Waals surface area contributed by atoms with Crippen LogP contribution in [0.5, 0.6) is 17.2 Å². The third-order valence-corrected chi connectivity index (χ3v) is 7.34. The van der Waals surface area contributed by atoms with E-state index >= 15 is 0 Å². The van der Waals surface area contributed by atoms with Gasteiger partial charge in [-0.1, -0.05) is 48.9 Å². The number of benzene rings is 3. The first-order chi connectivity index (χ1) is 18.4. The first kappa shape index (κ1) is 25.3. The number of ketones is 1. The molecule has 5 rings (SSSR count). The Labute approximate surface area is 223 Å². The molecular formula is C29H26N2O6S. The molecule has 1 amide bonds. The Morgan fingerprint density at radius 2 is 1.84 bits per heavy atom. The molecule has 8 nitrogen and oxygen atoms in total. The topological polar surface area (TPSA) is 109 Å². The number of Topliss-reactive ketones (excluding diaryl/α,β-unsaturated/α-hetero) is 1. The van der Waals surface area contributed by atoms with Crippen LogP contribution in [-0.4, -0.2) is 40.6 Å². The highest BCUT2D eigenvalue weighted by atomic mass is 32.1. The number of aliphatic hydroxyl groups is 1. The molecule has 194 valence electrons. The summed E-state index contributed by atoms with van der Waals surface area (Å²) < 4.78 is 11.9. The van der Waals surface area contributed by atoms with Crippen molar-refractivity contribution in [2.24, 2.45) is 0 Å². The van der Waals surface area contributed by atoms with Crippen molar-refractivity contribution in [1.29, 1.82) is 0 Å². The number of nitrogens with zero attached hydrogens (tertiary/aromatic N) is 2. The molecule has 0 saturated carbocycles. The van der Waals surface area contributed by atoms with Crippen LogP contribution in [0.3, 0.4) is 0 Å². The monoisotopic (exact) mass is 530 g/mol. The Hall–Kier alpha value is -4.37. The number of aliphatic hydroxyl groups excluding tert-OH is 1. The third kappa shape index (κ3) is 4.68. The molecule has 1 fully saturated rings. The summed E-state index contributed by atoms with van der Waals surface area (Å²) in [4.78, 5) is 32.8. The van der Waals surface area contributed by atoms with Crippen LogP contribution in [0.25, 0.3) is 16.0 Å². The van der Waals surface area contributed by atoms with Crippen LogP contribution in [-0.2, 0) is 9.59 Å². The summed E-state index contributed by atoms with van der Waals surface area (Å²) >= 11 is 1.24. The predicted octanol–water partition coefficient (Wildman–Crippen LogP) is 5.82. The molecule has 0 spiro atoms. The maximum Gasteiger partial charge on any atom is 0.301 e. The maximum absolute atomic E-state index is 13.4. The van der Waals surface area contributed by atoms with Gasteiger partial charge in [-0.3, -0.25) is 14.5 Å². The van der Waals surface area contributed by atoms with Crippen molar-refractivity contribution in [2.45, 2.75) is 25.8 Å². The third-order valence-electron chi connectivity index (χ3n) is 6.32. The second-order valence-corrected chi connectivity index (χ2v) is 9.83. The van der Waals surface area contributed by atoms with E-state index in [0.29, 0.717) is 39.9 Å². The summed E-state index contributed by atoms with van der Waals surface area (Å²) in [6.07, 6.45) is 1.87. The molecule has 1 aliphatic rings. The Bertz CT molecular complexity index is 1540. The number of rotatable bonds is 8. The fourth-order valence-corrected chi connectivity index (χ4v) is 5.37. The molecule has 3 aromatic carbocycles. The van der Waals surface area contributed by atoms with Gasteiger partial charge in [0.1, 0.15) is 23.0 Å². The van der Waals surface area contributed by atoms with Gasteiger partial charge in [-0.25, -0.2) is 4.98 Å². The minimum absolute atomic E-state index is 0.0368. The highest BCUT2D eigenvalue weighted by Crippen LogP contribution is 2.45. The van der Waals surface area contributed by atoms with Crippen LogP contribution in [0.2, 0.25) is 0 Å². The average Bonchev–Trinajstić information content (AvgIpc) is 3.46. The predicted molar refractivity (Wildman–Crippen MR) is 146 cm³/mol. The number of phenolic OH excluding ortho intramolecular Hbond substituents is 1. The molecule has 1 aliphatic heterocycles. The van der Waals surface area contributed by atoms with E-state index in [-0.39, 0.29) is 17.1 Å². The fourth-order valence-electron chi connectivity index (χ4n) is 4.35. The minimum atomic E-state index is -0.956. The number of carbonyl (C=O) groups excluding carboxylic acids is 2. The lowest BCUT2D eigenvalue weighted by Gasteiger charge is -2.23. The second-order valence-electron chi connectivity index (χ2n) is 8.82. The lowest BCUT2D eigenvalue weighted by Crippen LogP contribution is -2.29. The molecular weight excluding hydrogens is 504 g/mol. The van der Waals surface area contributed by atoms with Gasteiger partial charge in [-0.05, 0) is 54.4 Å². The Morgan fingerprint density at radius 1 is 1.05 bits per heavy atom. The summed E-state index contributed by atoms with van der Waals surface area (Å²) in [6, 6.07) is 17.4. The lowest BCUT2D eigenvalue weighted by molar-refractivity contribution is -0.132. The number of aromatic hydroxyl groups is 1. The molecule has 38 heavy (non-hydrogen) atoms. The highest BCUT2D eigenvalue weighted by molar-refractivity contribution is 7.22. The van der Waals surface area contributed by atoms with E-state index < -0.39 is 17.7 Å². The standard InChI is InChI=1S/C29H26N2O6S/c1-3-4-14-37-21-7-5-6-18(15-21)26(33)24-25(17-8-10-19(32)11-9-17)31(28(35)27(24)34)29-30-22-13-12-20(36-2)16-23(22)38-29/h5-13,15-16,25,32-33H,3-4,14H2,1-2H3. The molecule has 1 saturated heterocycles. The van der Waals surface area contributed by atoms with Crippen molar-refractivity contribution in [3.05, 3.63) is 83.4 Å². The Morgan fingerprint density at radius 3 is 2.58 bits per heavy atom. The number of amides is 1. The lowest BCUT2D eigenvalue weighted by atomic mass is 9.95. The van der Waals surface area contributed by atoms with Gasteiger partial charge in [0.2, 0.25) is 0 Å². The SMILES string of the molecule is CCCCOc1cccc(C(O)=C2C(=O)C(=O)N(c3nc4ccc(OC)cc4s3)C2c2ccc(O)cc2)c1. The van der Waals surface area contributed by atoms with Crippen LogP contribution in [0.15, 0.2) is 72.3 Å². The molecule has 0 bridgehead atoms. The molecule has 1 atom stereocenters. The van der Waals surface area contributed by atoms with Crippen molar-refractivity contribution in [1.82, 2.24) is 4.98 Å². The van der Waals surface area contributed by atoms with Gasteiger partial charge in [0.15, 0.2) is 5.13 Å². The van der Waals surface area contributed by atoms with E-state index in [2.05, 4.69) is 11.9 Å². The zero-order chi connectivity index (χ0) is 26.8. The van der Waals surface area contributed by atoms with Gasteiger partial charge < -0.3 is 19.7 Å². The number of carbonyl (C=O) groups is 2. The van der Waals surface area contributed by atoms with Crippen molar-refractivity contribution in [3.8, 4) is 17.2 Å². The number of fused-ring (bicyclic) bond motifs is 1. The number of anilines is 1. The van der Waals surface area contributed by atoms with Gasteiger partial charge in [-0.2, -0.15) is 0 Å². The van der Waals surface area contributed by atoms with Crippen molar-refractivity contribution < 1.29 is 29.3 Å². The molecule has 1 aromatic heterocycles. The van der Waals surface area contributed by atoms with Gasteiger partial charge in [0.25, 0.3) is 5.78 Å². The molecule has 0 aliphatic carbocycles. The van der Waals surface area contributed by atoms with E-state index in [1.807, 2.05) is 6.07 Å². The number of phenols is 1. The van der Waals surface area contributed by atoms with Gasteiger partial charge in [-0.15, -0.1) is 0 Å². The maximum atomic E-state index is 13.4. The van der Waals surface area contributed by atoms with E-state index in [4.69, 9.17) is 9.47 Å². The number of hydrogen-bond acceptors (Lipinski definition) is 8. The molecule has 0 radical (unpaired) electrons. The van der Waals surface area contributed by atoms with Crippen molar-refractivity contribution >= 4 is 44.1 Å². The summed E-state index contributed by atoms with van der Waals surface area (Å²) in [5.74, 6) is -0.702. The summed E-state index contributed by atoms with van der Waals surface area (Å²) in [7, 11) is 1.57. The molecule has 2 N–H and O–H groups in total. The minimum Gasteiger partial charge on any atom is -0.508 e. The van der Waals surface area contributed by atoms with Crippen LogP contribution in [0, 0.1) is 0 Å². The number of unbranched alkanes of at least 4 members (excludes halogenated alkanes) is 1. The summed E-state index contributed by atoms with van der Waals surface area (Å²) in [5, 5.41) is 21.6. The zero-order valence-electron chi connectivity index (χ0n) is 20.9. The quantitative estimate of drug-likeness (QED) is 0.128. The smallest absolute Gasteiger partial charge is 0.301 e. The number of thiazole rings is 1. The van der Waals surface area contributed by atoms with Gasteiger partial charge >= 0.3 is 5.91 Å². The zero-order valence-corrected chi connectivity index (χ0v) is 21.7. The fraction of sp³-hybridized carbons (Fsp3) is 0.207. The summed E-state index contributed by atoms with van der Waals surface area (Å²) in [5.41, 5.74) is 1.47. The Balaban J connectivity index is 1.64. The van der Waals surface area contributed by atoms with E-state index in [1.165, 1.54) is 28.4 Å². The molecule has 2 heterocycles. The second kappa shape index (κ2) is 10.5. The number of methoxy groups -OCH3 is 1. The molecule has 4 aromatic rings. The largest absolute Gasteiger partial charge is 0.508 e. The van der Waals surface area contributed by atoms with Crippen LogP contribution >= 0.6 is 11.3 Å². The Kier molecular flexibility index (Phi) is 7.02. The van der Waals surface area contributed by atoms with E-state index in [9.17, 15) is 19.8 Å². The number of ether oxygens (including phenoxy) is 2. The van der Waals surface area contributed by atoms with Crippen molar-refractivity contribution in [3.63, 3.8) is 0 Å². The average molecular weight is 531 g/mol. The highest BCUT2D eigenvalue weighted by Gasteiger charge is 2.48. The molecule has 9 heteroatoms. The van der Waals surface area contributed by atoms with Crippen molar-refractivity contribution in [2.75, 3.05) is 18.6 Å². The van der Waals surface area contributed by atoms with Crippen LogP contribution in [0.4, 0.5) is 5.13 Å². The van der Waals surface area contributed by atoms with Gasteiger partial charge in [0.05, 0.1) is 35.5 Å². The summed E-state index contributed by atoms with van der Waals surface area (Å²) in [6.45, 7) is 2.59. The van der Waals surface area contributed by atoms with Crippen LogP contribution < -0.4 is 14.4 Å². The number of hydrogen-bond donors (Lipinski definition) is 2. The number of aromatic nitrogens is 1. The van der Waals surface area contributed by atoms with Crippen LogP contribution in [0.1, 0.15) is 36.9 Å². The van der Waals surface area contributed by atoms with E-state index in [1.54, 1.807) is 55.6 Å². The van der Waals surface area contributed by atoms with Gasteiger partial charge in [0, 0.05) is 5.56 Å². The van der Waals surface area contributed by atoms with E-state index in [0.717, 1.165) is 17.5 Å². The molecule has 1 unspecified atom stereocenters. The first-order valence-electron chi connectivity index (χ1n) is 12.2. The first-order valence-corrected chi connectivity index (χ1v) is 13.0. The normalized spacial score (nSPS) is 16.8.